The summed E-state index contributed by atoms with van der Waals surface area (Å²) in [5.41, 5.74) is 5.73. The van der Waals surface area contributed by atoms with Gasteiger partial charge in [-0.25, -0.2) is 13.1 Å². The zero-order chi connectivity index (χ0) is 13.4. The van der Waals surface area contributed by atoms with Crippen molar-refractivity contribution < 1.29 is 8.42 Å². The minimum atomic E-state index is -3.58. The Labute approximate surface area is 113 Å². The number of benzene rings is 1. The molecule has 1 fully saturated rings. The first-order valence-corrected chi connectivity index (χ1v) is 7.84. The number of nitrogens with one attached hydrogen (secondary N) is 1. The van der Waals surface area contributed by atoms with Crippen LogP contribution in [0.1, 0.15) is 32.6 Å². The van der Waals surface area contributed by atoms with Gasteiger partial charge in [-0.3, -0.25) is 0 Å². The number of sulfonamides is 1. The third kappa shape index (κ3) is 2.48. The minimum Gasteiger partial charge on any atom is -0.399 e. The van der Waals surface area contributed by atoms with E-state index in [1.807, 2.05) is 6.92 Å². The third-order valence-corrected chi connectivity index (χ3v) is 5.65. The fourth-order valence-corrected chi connectivity index (χ4v) is 4.29. The lowest BCUT2D eigenvalue weighted by Gasteiger charge is -2.41. The average Bonchev–Trinajstić information content (AvgIpc) is 2.23. The number of nitrogens with two attached hydrogens (primary N) is 1. The van der Waals surface area contributed by atoms with Crippen LogP contribution in [0.25, 0.3) is 0 Å². The first-order valence-electron chi connectivity index (χ1n) is 5.98. The van der Waals surface area contributed by atoms with Crippen LogP contribution in [0.2, 0.25) is 5.02 Å². The van der Waals surface area contributed by atoms with Crippen LogP contribution in [-0.2, 0) is 10.0 Å². The van der Waals surface area contributed by atoms with Crippen molar-refractivity contribution in [1.29, 1.82) is 0 Å². The van der Waals surface area contributed by atoms with E-state index in [4.69, 9.17) is 17.3 Å². The molecule has 1 saturated carbocycles. The molecule has 4 nitrogen and oxygen atoms in total. The number of anilines is 1. The number of hydrogen-bond donors (Lipinski definition) is 2. The van der Waals surface area contributed by atoms with Gasteiger partial charge in [0, 0.05) is 11.2 Å². The smallest absolute Gasteiger partial charge is 0.242 e. The van der Waals surface area contributed by atoms with Crippen LogP contribution < -0.4 is 10.5 Å². The molecule has 1 aliphatic rings. The van der Waals surface area contributed by atoms with E-state index in [-0.39, 0.29) is 15.5 Å². The first kappa shape index (κ1) is 13.6. The topological polar surface area (TPSA) is 72.2 Å². The fourth-order valence-electron chi connectivity index (χ4n) is 2.21. The Bertz CT molecular complexity index is 548. The SMILES string of the molecule is CCC1(NS(=O)(=O)c2ccc(N)cc2Cl)CCC1. The predicted molar refractivity (Wildman–Crippen MR) is 73.1 cm³/mol. The molecule has 0 atom stereocenters. The molecule has 1 aromatic carbocycles. The summed E-state index contributed by atoms with van der Waals surface area (Å²) in [6.07, 6.45) is 3.62. The predicted octanol–water partition coefficient (Wildman–Crippen LogP) is 2.53. The molecule has 0 saturated heterocycles. The van der Waals surface area contributed by atoms with Gasteiger partial charge in [0.05, 0.1) is 5.02 Å². The second-order valence-electron chi connectivity index (χ2n) is 4.78. The van der Waals surface area contributed by atoms with Gasteiger partial charge in [0.25, 0.3) is 0 Å². The van der Waals surface area contributed by atoms with Gasteiger partial charge in [-0.1, -0.05) is 18.5 Å². The summed E-state index contributed by atoms with van der Waals surface area (Å²) in [6.45, 7) is 1.99. The van der Waals surface area contributed by atoms with E-state index in [1.165, 1.54) is 12.1 Å². The zero-order valence-electron chi connectivity index (χ0n) is 10.2. The van der Waals surface area contributed by atoms with Crippen molar-refractivity contribution in [1.82, 2.24) is 4.72 Å². The molecular weight excluding hydrogens is 272 g/mol. The molecule has 0 heterocycles. The lowest BCUT2D eigenvalue weighted by atomic mass is 9.76. The molecule has 0 radical (unpaired) electrons. The van der Waals surface area contributed by atoms with Gasteiger partial charge >= 0.3 is 0 Å². The molecule has 18 heavy (non-hydrogen) atoms. The van der Waals surface area contributed by atoms with E-state index < -0.39 is 10.0 Å². The molecule has 3 N–H and O–H groups in total. The van der Waals surface area contributed by atoms with Crippen molar-refractivity contribution in [3.05, 3.63) is 23.2 Å². The largest absolute Gasteiger partial charge is 0.399 e. The molecule has 0 unspecified atom stereocenters. The molecule has 1 aromatic rings. The molecular formula is C12H17ClN2O2S. The second kappa shape index (κ2) is 4.72. The van der Waals surface area contributed by atoms with E-state index in [2.05, 4.69) is 4.72 Å². The highest BCUT2D eigenvalue weighted by atomic mass is 35.5. The van der Waals surface area contributed by atoms with Crippen molar-refractivity contribution >= 4 is 27.3 Å². The van der Waals surface area contributed by atoms with Crippen LogP contribution in [0.15, 0.2) is 23.1 Å². The summed E-state index contributed by atoms with van der Waals surface area (Å²) in [5.74, 6) is 0. The van der Waals surface area contributed by atoms with Crippen molar-refractivity contribution in [2.75, 3.05) is 5.73 Å². The standard InChI is InChI=1S/C12H17ClN2O2S/c1-2-12(6-3-7-12)15-18(16,17)11-5-4-9(14)8-10(11)13/h4-5,8,15H,2-3,6-7,14H2,1H3. The molecule has 0 bridgehead atoms. The summed E-state index contributed by atoms with van der Waals surface area (Å²) in [6, 6.07) is 4.44. The van der Waals surface area contributed by atoms with Crippen molar-refractivity contribution in [2.45, 2.75) is 43.0 Å². The number of hydrogen-bond acceptors (Lipinski definition) is 3. The monoisotopic (exact) mass is 288 g/mol. The molecule has 0 aliphatic heterocycles. The minimum absolute atomic E-state index is 0.0955. The highest BCUT2D eigenvalue weighted by Crippen LogP contribution is 2.36. The van der Waals surface area contributed by atoms with Crippen molar-refractivity contribution in [2.24, 2.45) is 0 Å². The number of nitrogen functional groups attached to an aromatic ring is 1. The van der Waals surface area contributed by atoms with Gasteiger partial charge in [-0.15, -0.1) is 0 Å². The van der Waals surface area contributed by atoms with E-state index >= 15 is 0 Å². The Morgan fingerprint density at radius 3 is 2.56 bits per heavy atom. The van der Waals surface area contributed by atoms with Crippen LogP contribution >= 0.6 is 11.6 Å². The normalized spacial score (nSPS) is 18.3. The highest BCUT2D eigenvalue weighted by molar-refractivity contribution is 7.89. The maximum Gasteiger partial charge on any atom is 0.242 e. The molecule has 0 aromatic heterocycles. The van der Waals surface area contributed by atoms with Crippen molar-refractivity contribution in [3.8, 4) is 0 Å². The fraction of sp³-hybridized carbons (Fsp3) is 0.500. The third-order valence-electron chi connectivity index (χ3n) is 3.58. The van der Waals surface area contributed by atoms with Crippen LogP contribution in [0, 0.1) is 0 Å². The Morgan fingerprint density at radius 2 is 2.11 bits per heavy atom. The molecule has 1 aliphatic carbocycles. The first-order chi connectivity index (χ1) is 8.38. The maximum absolute atomic E-state index is 12.3. The summed E-state index contributed by atoms with van der Waals surface area (Å²) >= 11 is 5.95. The van der Waals surface area contributed by atoms with Gasteiger partial charge < -0.3 is 5.73 Å². The second-order valence-corrected chi connectivity index (χ2v) is 6.84. The average molecular weight is 289 g/mol. The Morgan fingerprint density at radius 1 is 1.44 bits per heavy atom. The van der Waals surface area contributed by atoms with E-state index in [1.54, 1.807) is 6.07 Å². The van der Waals surface area contributed by atoms with Crippen molar-refractivity contribution in [3.63, 3.8) is 0 Å². The zero-order valence-corrected chi connectivity index (χ0v) is 11.8. The number of halogens is 1. The summed E-state index contributed by atoms with van der Waals surface area (Å²) in [7, 11) is -3.58. The molecule has 0 spiro atoms. The van der Waals surface area contributed by atoms with Gasteiger partial charge in [0.1, 0.15) is 4.90 Å². The quantitative estimate of drug-likeness (QED) is 0.836. The van der Waals surface area contributed by atoms with E-state index in [9.17, 15) is 8.42 Å². The van der Waals surface area contributed by atoms with Crippen LogP contribution in [0.5, 0.6) is 0 Å². The lowest BCUT2D eigenvalue weighted by molar-refractivity contribution is 0.214. The van der Waals surface area contributed by atoms with Crippen LogP contribution in [-0.4, -0.2) is 14.0 Å². The van der Waals surface area contributed by atoms with E-state index in [0.717, 1.165) is 25.7 Å². The summed E-state index contributed by atoms with van der Waals surface area (Å²) in [5, 5.41) is 0.160. The summed E-state index contributed by atoms with van der Waals surface area (Å²) in [4.78, 5) is 0.0955. The van der Waals surface area contributed by atoms with Gasteiger partial charge in [-0.2, -0.15) is 0 Å². The molecule has 6 heteroatoms. The molecule has 2 rings (SSSR count). The summed E-state index contributed by atoms with van der Waals surface area (Å²) < 4.78 is 27.4. The lowest BCUT2D eigenvalue weighted by Crippen LogP contribution is -2.52. The highest BCUT2D eigenvalue weighted by Gasteiger charge is 2.39. The Kier molecular flexibility index (Phi) is 3.58. The van der Waals surface area contributed by atoms with Gasteiger partial charge in [0.15, 0.2) is 0 Å². The molecule has 0 amide bonds. The molecule has 100 valence electrons. The Hall–Kier alpha value is -0.780. The Balaban J connectivity index is 2.31. The van der Waals surface area contributed by atoms with E-state index in [0.29, 0.717) is 5.69 Å². The van der Waals surface area contributed by atoms with Crippen LogP contribution in [0.3, 0.4) is 0 Å². The van der Waals surface area contributed by atoms with Gasteiger partial charge in [0.2, 0.25) is 10.0 Å². The van der Waals surface area contributed by atoms with Crippen LogP contribution in [0.4, 0.5) is 5.69 Å². The van der Waals surface area contributed by atoms with Gasteiger partial charge in [-0.05, 0) is 43.9 Å². The number of rotatable bonds is 4. The maximum atomic E-state index is 12.3.